The topological polar surface area (TPSA) is 55.8 Å². The Morgan fingerprint density at radius 2 is 2.32 bits per heavy atom. The summed E-state index contributed by atoms with van der Waals surface area (Å²) in [6, 6.07) is 5.29. The zero-order valence-electron chi connectivity index (χ0n) is 10.8. The van der Waals surface area contributed by atoms with Crippen molar-refractivity contribution in [3.63, 3.8) is 0 Å². The van der Waals surface area contributed by atoms with Gasteiger partial charge in [-0.25, -0.2) is 4.79 Å². The van der Waals surface area contributed by atoms with Crippen molar-refractivity contribution < 1.29 is 19.4 Å². The highest BCUT2D eigenvalue weighted by Crippen LogP contribution is 2.32. The summed E-state index contributed by atoms with van der Waals surface area (Å²) in [6.45, 7) is 0.457. The lowest BCUT2D eigenvalue weighted by atomic mass is 10.1. The number of carboxylic acids is 1. The van der Waals surface area contributed by atoms with Crippen LogP contribution in [0.2, 0.25) is 0 Å². The van der Waals surface area contributed by atoms with Crippen molar-refractivity contribution in [2.24, 2.45) is 0 Å². The summed E-state index contributed by atoms with van der Waals surface area (Å²) in [5, 5.41) is 8.66. The standard InChI is InChI=1S/C15H16O4/c1-3-4-5-11-19-15-12(9-10-14(16)17)7-6-8-13(15)18-2/h1,6-10H,4-5,11H2,2H3,(H,16,17)/b10-9+. The molecule has 4 nitrogen and oxygen atoms in total. The second-order valence-electron chi connectivity index (χ2n) is 3.71. The molecule has 0 unspecified atom stereocenters. The Labute approximate surface area is 112 Å². The van der Waals surface area contributed by atoms with Crippen LogP contribution in [0.15, 0.2) is 24.3 Å². The second kappa shape index (κ2) is 7.83. The number of para-hydroxylation sites is 1. The average molecular weight is 260 g/mol. The van der Waals surface area contributed by atoms with Gasteiger partial charge in [-0.1, -0.05) is 12.1 Å². The Hall–Kier alpha value is -2.41. The van der Waals surface area contributed by atoms with Gasteiger partial charge < -0.3 is 14.6 Å². The Morgan fingerprint density at radius 3 is 2.95 bits per heavy atom. The highest BCUT2D eigenvalue weighted by molar-refractivity contribution is 5.86. The predicted molar refractivity (Wildman–Crippen MR) is 73.2 cm³/mol. The molecule has 1 aromatic carbocycles. The Balaban J connectivity index is 2.90. The van der Waals surface area contributed by atoms with Gasteiger partial charge in [0.05, 0.1) is 13.7 Å². The minimum atomic E-state index is -1.01. The van der Waals surface area contributed by atoms with Crippen molar-refractivity contribution in [1.29, 1.82) is 0 Å². The normalized spacial score (nSPS) is 10.1. The van der Waals surface area contributed by atoms with Crippen molar-refractivity contribution in [3.8, 4) is 23.8 Å². The van der Waals surface area contributed by atoms with E-state index in [1.54, 1.807) is 18.2 Å². The fourth-order valence-electron chi connectivity index (χ4n) is 1.49. The molecule has 0 bridgehead atoms. The second-order valence-corrected chi connectivity index (χ2v) is 3.71. The smallest absolute Gasteiger partial charge is 0.328 e. The van der Waals surface area contributed by atoms with Gasteiger partial charge in [0.15, 0.2) is 11.5 Å². The summed E-state index contributed by atoms with van der Waals surface area (Å²) in [7, 11) is 1.54. The van der Waals surface area contributed by atoms with E-state index in [1.807, 2.05) is 0 Å². The fraction of sp³-hybridized carbons (Fsp3) is 0.267. The van der Waals surface area contributed by atoms with Crippen molar-refractivity contribution >= 4 is 12.0 Å². The third-order valence-corrected chi connectivity index (χ3v) is 2.35. The number of terminal acetylenes is 1. The summed E-state index contributed by atoms with van der Waals surface area (Å²) < 4.78 is 10.8. The maximum absolute atomic E-state index is 10.6. The molecular formula is C15H16O4. The Kier molecular flexibility index (Phi) is 6.04. The van der Waals surface area contributed by atoms with Crippen LogP contribution < -0.4 is 9.47 Å². The van der Waals surface area contributed by atoms with Crippen LogP contribution in [-0.4, -0.2) is 24.8 Å². The Bertz CT molecular complexity index is 497. The van der Waals surface area contributed by atoms with Crippen LogP contribution >= 0.6 is 0 Å². The lowest BCUT2D eigenvalue weighted by Gasteiger charge is -2.12. The molecule has 4 heteroatoms. The van der Waals surface area contributed by atoms with E-state index in [1.165, 1.54) is 13.2 Å². The van der Waals surface area contributed by atoms with E-state index in [0.29, 0.717) is 30.1 Å². The van der Waals surface area contributed by atoms with Crippen molar-refractivity contribution in [2.45, 2.75) is 12.8 Å². The molecule has 1 rings (SSSR count). The van der Waals surface area contributed by atoms with Gasteiger partial charge in [-0.05, 0) is 18.6 Å². The van der Waals surface area contributed by atoms with E-state index in [-0.39, 0.29) is 0 Å². The lowest BCUT2D eigenvalue weighted by molar-refractivity contribution is -0.131. The van der Waals surface area contributed by atoms with E-state index in [2.05, 4.69) is 5.92 Å². The molecule has 19 heavy (non-hydrogen) atoms. The summed E-state index contributed by atoms with van der Waals surface area (Å²) in [6.07, 6.45) is 9.07. The van der Waals surface area contributed by atoms with E-state index >= 15 is 0 Å². The first kappa shape index (κ1) is 14.7. The first-order chi connectivity index (χ1) is 9.19. The lowest BCUT2D eigenvalue weighted by Crippen LogP contribution is -2.01. The summed E-state index contributed by atoms with van der Waals surface area (Å²) in [5.41, 5.74) is 0.655. The Morgan fingerprint density at radius 1 is 1.53 bits per heavy atom. The minimum Gasteiger partial charge on any atom is -0.493 e. The molecule has 1 aromatic rings. The quantitative estimate of drug-likeness (QED) is 0.465. The van der Waals surface area contributed by atoms with Crippen LogP contribution in [0.5, 0.6) is 11.5 Å². The van der Waals surface area contributed by atoms with Crippen molar-refractivity contribution in [1.82, 2.24) is 0 Å². The number of ether oxygens (including phenoxy) is 2. The van der Waals surface area contributed by atoms with E-state index in [9.17, 15) is 4.79 Å². The SMILES string of the molecule is C#CCCCOc1c(/C=C/C(=O)O)cccc1OC. The first-order valence-corrected chi connectivity index (χ1v) is 5.83. The number of benzene rings is 1. The maximum atomic E-state index is 10.6. The van der Waals surface area contributed by atoms with Gasteiger partial charge in [0, 0.05) is 18.1 Å². The highest BCUT2D eigenvalue weighted by Gasteiger charge is 2.08. The van der Waals surface area contributed by atoms with E-state index in [0.717, 1.165) is 12.5 Å². The number of carboxylic acid groups (broad SMARTS) is 1. The van der Waals surface area contributed by atoms with Gasteiger partial charge in [0.25, 0.3) is 0 Å². The number of rotatable bonds is 7. The highest BCUT2D eigenvalue weighted by atomic mass is 16.5. The minimum absolute atomic E-state index is 0.457. The molecular weight excluding hydrogens is 244 g/mol. The van der Waals surface area contributed by atoms with Crippen LogP contribution in [0.3, 0.4) is 0 Å². The number of aliphatic carboxylic acids is 1. The summed E-state index contributed by atoms with van der Waals surface area (Å²) in [4.78, 5) is 10.6. The van der Waals surface area contributed by atoms with Crippen molar-refractivity contribution in [2.75, 3.05) is 13.7 Å². The molecule has 0 heterocycles. The molecule has 0 spiro atoms. The maximum Gasteiger partial charge on any atom is 0.328 e. The summed E-state index contributed by atoms with van der Waals surface area (Å²) in [5.74, 6) is 2.61. The van der Waals surface area contributed by atoms with Gasteiger partial charge in [-0.15, -0.1) is 12.3 Å². The molecule has 1 N–H and O–H groups in total. The number of methoxy groups -OCH3 is 1. The van der Waals surface area contributed by atoms with E-state index < -0.39 is 5.97 Å². The van der Waals surface area contributed by atoms with Gasteiger partial charge in [0.2, 0.25) is 0 Å². The number of hydrogen-bond acceptors (Lipinski definition) is 3. The number of hydrogen-bond donors (Lipinski definition) is 1. The third kappa shape index (κ3) is 4.76. The molecule has 0 aliphatic heterocycles. The van der Waals surface area contributed by atoms with Crippen LogP contribution in [0.4, 0.5) is 0 Å². The van der Waals surface area contributed by atoms with Crippen LogP contribution in [0.25, 0.3) is 6.08 Å². The third-order valence-electron chi connectivity index (χ3n) is 2.35. The molecule has 0 fully saturated rings. The number of carbonyl (C=O) groups is 1. The molecule has 0 aliphatic rings. The van der Waals surface area contributed by atoms with Gasteiger partial charge in [0.1, 0.15) is 0 Å². The number of unbranched alkanes of at least 4 members (excludes halogenated alkanes) is 1. The molecule has 0 amide bonds. The summed E-state index contributed by atoms with van der Waals surface area (Å²) >= 11 is 0. The zero-order chi connectivity index (χ0) is 14.1. The van der Waals surface area contributed by atoms with Crippen LogP contribution in [0, 0.1) is 12.3 Å². The van der Waals surface area contributed by atoms with E-state index in [4.69, 9.17) is 21.0 Å². The largest absolute Gasteiger partial charge is 0.493 e. The van der Waals surface area contributed by atoms with Gasteiger partial charge in [-0.2, -0.15) is 0 Å². The first-order valence-electron chi connectivity index (χ1n) is 5.83. The predicted octanol–water partition coefficient (Wildman–Crippen LogP) is 2.59. The van der Waals surface area contributed by atoms with Crippen molar-refractivity contribution in [3.05, 3.63) is 29.8 Å². The van der Waals surface area contributed by atoms with Crippen LogP contribution in [-0.2, 0) is 4.79 Å². The van der Waals surface area contributed by atoms with Crippen LogP contribution in [0.1, 0.15) is 18.4 Å². The monoisotopic (exact) mass is 260 g/mol. The van der Waals surface area contributed by atoms with Gasteiger partial charge >= 0.3 is 5.97 Å². The molecule has 0 saturated heterocycles. The molecule has 0 aromatic heterocycles. The zero-order valence-corrected chi connectivity index (χ0v) is 10.8. The molecule has 0 atom stereocenters. The van der Waals surface area contributed by atoms with Gasteiger partial charge in [-0.3, -0.25) is 0 Å². The fourth-order valence-corrected chi connectivity index (χ4v) is 1.49. The molecule has 100 valence electrons. The molecule has 0 radical (unpaired) electrons. The molecule has 0 aliphatic carbocycles. The molecule has 0 saturated carbocycles. The average Bonchev–Trinajstić information content (AvgIpc) is 2.41.